The second kappa shape index (κ2) is 3.32. The van der Waals surface area contributed by atoms with Crippen molar-refractivity contribution in [3.8, 4) is 0 Å². The van der Waals surface area contributed by atoms with Crippen LogP contribution in [0.3, 0.4) is 0 Å². The third kappa shape index (κ3) is 1.45. The number of carboxylic acids is 1. The van der Waals surface area contributed by atoms with Crippen LogP contribution in [0.4, 0.5) is 5.82 Å². The number of aromatic nitrogens is 2. The summed E-state index contributed by atoms with van der Waals surface area (Å²) in [4.78, 5) is 10.6. The number of aliphatic carboxylic acids is 1. The number of H-pyrrole nitrogens is 1. The van der Waals surface area contributed by atoms with Crippen LogP contribution in [0.2, 0.25) is 0 Å². The number of hydrogen-bond acceptors (Lipinski definition) is 3. The number of rotatable bonds is 3. The minimum atomic E-state index is -0.862. The van der Waals surface area contributed by atoms with E-state index in [0.717, 1.165) is 18.5 Å². The highest BCUT2D eigenvalue weighted by Gasteiger charge is 2.26. The highest BCUT2D eigenvalue weighted by molar-refractivity contribution is 5.72. The van der Waals surface area contributed by atoms with Gasteiger partial charge in [0.25, 0.3) is 0 Å². The summed E-state index contributed by atoms with van der Waals surface area (Å²) in [5.74, 6) is -0.0953. The fraction of sp³-hybridized carbons (Fsp3) is 0.556. The predicted molar refractivity (Wildman–Crippen MR) is 50.9 cm³/mol. The lowest BCUT2D eigenvalue weighted by Gasteiger charge is -2.24. The Labute approximate surface area is 81.3 Å². The van der Waals surface area contributed by atoms with Crippen LogP contribution in [0.5, 0.6) is 0 Å². The Morgan fingerprint density at radius 3 is 2.86 bits per heavy atom. The summed E-state index contributed by atoms with van der Waals surface area (Å²) in [5, 5.41) is 15.4. The molecule has 0 radical (unpaired) electrons. The van der Waals surface area contributed by atoms with Crippen molar-refractivity contribution in [3.05, 3.63) is 11.3 Å². The van der Waals surface area contributed by atoms with Gasteiger partial charge in [0.05, 0.1) is 6.42 Å². The fourth-order valence-corrected chi connectivity index (χ4v) is 1.77. The molecule has 5 nitrogen and oxygen atoms in total. The Morgan fingerprint density at radius 1 is 1.64 bits per heavy atom. The van der Waals surface area contributed by atoms with Gasteiger partial charge in [-0.1, -0.05) is 6.42 Å². The smallest absolute Gasteiger partial charge is 0.308 e. The summed E-state index contributed by atoms with van der Waals surface area (Å²) in [6.07, 6.45) is 3.38. The quantitative estimate of drug-likeness (QED) is 0.667. The van der Waals surface area contributed by atoms with Crippen molar-refractivity contribution in [3.63, 3.8) is 0 Å². The van der Waals surface area contributed by atoms with Crippen molar-refractivity contribution in [2.75, 3.05) is 5.73 Å². The lowest BCUT2D eigenvalue weighted by Crippen LogP contribution is -2.13. The molecule has 0 spiro atoms. The second-order valence-electron chi connectivity index (χ2n) is 3.70. The molecule has 0 bridgehead atoms. The van der Waals surface area contributed by atoms with Gasteiger partial charge in [-0.2, -0.15) is 5.10 Å². The van der Waals surface area contributed by atoms with E-state index in [4.69, 9.17) is 10.8 Å². The molecule has 0 atom stereocenters. The molecule has 76 valence electrons. The Bertz CT molecular complexity index is 355. The van der Waals surface area contributed by atoms with Crippen LogP contribution in [0, 0.1) is 0 Å². The SMILES string of the molecule is Nc1n[nH]c(C2CCC2)c1CC(=O)O. The van der Waals surface area contributed by atoms with E-state index in [2.05, 4.69) is 10.2 Å². The van der Waals surface area contributed by atoms with E-state index in [-0.39, 0.29) is 6.42 Å². The van der Waals surface area contributed by atoms with Gasteiger partial charge in [0.2, 0.25) is 0 Å². The summed E-state index contributed by atoms with van der Waals surface area (Å²) in [5.41, 5.74) is 7.20. The van der Waals surface area contributed by atoms with Crippen LogP contribution in [0.1, 0.15) is 36.4 Å². The molecule has 1 aromatic rings. The number of anilines is 1. The van der Waals surface area contributed by atoms with Crippen LogP contribution < -0.4 is 5.73 Å². The van der Waals surface area contributed by atoms with Gasteiger partial charge in [-0.05, 0) is 12.8 Å². The molecule has 1 saturated carbocycles. The Hall–Kier alpha value is -1.52. The van der Waals surface area contributed by atoms with Crippen molar-refractivity contribution in [1.29, 1.82) is 0 Å². The molecule has 1 heterocycles. The van der Waals surface area contributed by atoms with Gasteiger partial charge in [-0.15, -0.1) is 0 Å². The molecular formula is C9H13N3O2. The van der Waals surface area contributed by atoms with Crippen molar-refractivity contribution in [2.45, 2.75) is 31.6 Å². The van der Waals surface area contributed by atoms with E-state index in [0.29, 0.717) is 17.3 Å². The zero-order valence-electron chi connectivity index (χ0n) is 7.79. The summed E-state index contributed by atoms with van der Waals surface area (Å²) in [6.45, 7) is 0. The summed E-state index contributed by atoms with van der Waals surface area (Å²) in [6, 6.07) is 0. The first-order valence-corrected chi connectivity index (χ1v) is 4.73. The lowest BCUT2D eigenvalue weighted by atomic mass is 9.81. The lowest BCUT2D eigenvalue weighted by molar-refractivity contribution is -0.136. The van der Waals surface area contributed by atoms with E-state index in [1.54, 1.807) is 0 Å². The molecule has 0 saturated heterocycles. The fourth-order valence-electron chi connectivity index (χ4n) is 1.77. The zero-order valence-corrected chi connectivity index (χ0v) is 7.79. The van der Waals surface area contributed by atoms with Gasteiger partial charge < -0.3 is 10.8 Å². The van der Waals surface area contributed by atoms with Gasteiger partial charge in [-0.25, -0.2) is 0 Å². The van der Waals surface area contributed by atoms with E-state index in [1.807, 2.05) is 0 Å². The van der Waals surface area contributed by atoms with Crippen LogP contribution in [-0.2, 0) is 11.2 Å². The summed E-state index contributed by atoms with van der Waals surface area (Å²) >= 11 is 0. The van der Waals surface area contributed by atoms with Crippen LogP contribution in [-0.4, -0.2) is 21.3 Å². The molecule has 14 heavy (non-hydrogen) atoms. The molecule has 1 aromatic heterocycles. The molecule has 0 aliphatic heterocycles. The third-order valence-corrected chi connectivity index (χ3v) is 2.77. The van der Waals surface area contributed by atoms with Crippen LogP contribution in [0.15, 0.2) is 0 Å². The molecular weight excluding hydrogens is 182 g/mol. The number of nitrogens with two attached hydrogens (primary N) is 1. The second-order valence-corrected chi connectivity index (χ2v) is 3.70. The normalized spacial score (nSPS) is 16.6. The number of carbonyl (C=O) groups is 1. The maximum atomic E-state index is 10.6. The average molecular weight is 195 g/mol. The maximum absolute atomic E-state index is 10.6. The topological polar surface area (TPSA) is 92.0 Å². The number of nitrogen functional groups attached to an aromatic ring is 1. The average Bonchev–Trinajstić information content (AvgIpc) is 2.32. The number of carboxylic acid groups (broad SMARTS) is 1. The van der Waals surface area contributed by atoms with Crippen molar-refractivity contribution < 1.29 is 9.90 Å². The van der Waals surface area contributed by atoms with Crippen molar-refractivity contribution in [2.24, 2.45) is 0 Å². The summed E-state index contributed by atoms with van der Waals surface area (Å²) in [7, 11) is 0. The first-order valence-electron chi connectivity index (χ1n) is 4.73. The minimum Gasteiger partial charge on any atom is -0.481 e. The maximum Gasteiger partial charge on any atom is 0.308 e. The van der Waals surface area contributed by atoms with Crippen LogP contribution in [0.25, 0.3) is 0 Å². The molecule has 0 amide bonds. The van der Waals surface area contributed by atoms with E-state index < -0.39 is 5.97 Å². The van der Waals surface area contributed by atoms with E-state index >= 15 is 0 Å². The predicted octanol–water partition coefficient (Wildman–Crippen LogP) is 0.886. The Morgan fingerprint density at radius 2 is 2.36 bits per heavy atom. The molecule has 4 N–H and O–H groups in total. The molecule has 5 heteroatoms. The van der Waals surface area contributed by atoms with Gasteiger partial charge in [0, 0.05) is 17.2 Å². The van der Waals surface area contributed by atoms with Crippen LogP contribution >= 0.6 is 0 Å². The first kappa shape index (κ1) is 9.05. The molecule has 0 unspecified atom stereocenters. The molecule has 1 aliphatic rings. The molecule has 0 aromatic carbocycles. The van der Waals surface area contributed by atoms with Gasteiger partial charge >= 0.3 is 5.97 Å². The van der Waals surface area contributed by atoms with Gasteiger partial charge in [0.15, 0.2) is 0 Å². The Kier molecular flexibility index (Phi) is 2.15. The summed E-state index contributed by atoms with van der Waals surface area (Å²) < 4.78 is 0. The van der Waals surface area contributed by atoms with Crippen molar-refractivity contribution >= 4 is 11.8 Å². The highest BCUT2D eigenvalue weighted by atomic mass is 16.4. The molecule has 2 rings (SSSR count). The number of aromatic amines is 1. The number of hydrogen-bond donors (Lipinski definition) is 3. The largest absolute Gasteiger partial charge is 0.481 e. The third-order valence-electron chi connectivity index (χ3n) is 2.77. The van der Waals surface area contributed by atoms with E-state index in [9.17, 15) is 4.79 Å². The molecule has 1 aliphatic carbocycles. The highest BCUT2D eigenvalue weighted by Crippen LogP contribution is 2.38. The monoisotopic (exact) mass is 195 g/mol. The Balaban J connectivity index is 2.25. The molecule has 1 fully saturated rings. The number of nitrogens with one attached hydrogen (secondary N) is 1. The van der Waals surface area contributed by atoms with Crippen molar-refractivity contribution in [1.82, 2.24) is 10.2 Å². The zero-order chi connectivity index (χ0) is 10.1. The number of nitrogens with zero attached hydrogens (tertiary/aromatic N) is 1. The van der Waals surface area contributed by atoms with Gasteiger partial charge in [0.1, 0.15) is 5.82 Å². The minimum absolute atomic E-state index is 0.0336. The van der Waals surface area contributed by atoms with Gasteiger partial charge in [-0.3, -0.25) is 9.89 Å². The first-order chi connectivity index (χ1) is 6.68. The standard InChI is InChI=1S/C9H13N3O2/c10-9-6(4-7(13)14)8(11-12-9)5-2-1-3-5/h5H,1-4H2,(H,13,14)(H3,10,11,12). The van der Waals surface area contributed by atoms with E-state index in [1.165, 1.54) is 6.42 Å².